The van der Waals surface area contributed by atoms with Gasteiger partial charge >= 0.3 is 5.97 Å². The van der Waals surface area contributed by atoms with Crippen LogP contribution in [0, 0.1) is 0 Å². The van der Waals surface area contributed by atoms with Crippen LogP contribution in [0.5, 0.6) is 17.2 Å². The average molecular weight is 450 g/mol. The van der Waals surface area contributed by atoms with E-state index in [1.807, 2.05) is 41.3 Å². The number of halogens is 1. The van der Waals surface area contributed by atoms with Gasteiger partial charge in [0.05, 0.1) is 27.4 Å². The Hall–Kier alpha value is -2.25. The third-order valence-electron chi connectivity index (χ3n) is 5.12. The summed E-state index contributed by atoms with van der Waals surface area (Å²) in [5, 5.41) is 9.76. The normalized spacial score (nSPS) is 17.9. The number of carbonyl (C=O) groups is 1. The first-order valence-corrected chi connectivity index (χ1v) is 9.83. The second-order valence-corrected chi connectivity index (χ2v) is 7.55. The van der Waals surface area contributed by atoms with Gasteiger partial charge in [-0.15, -0.1) is 0 Å². The summed E-state index contributed by atoms with van der Waals surface area (Å²) in [7, 11) is 4.80. The Kier molecular flexibility index (Phi) is 6.46. The van der Waals surface area contributed by atoms with E-state index in [1.165, 1.54) is 0 Å². The minimum absolute atomic E-state index is 0.296. The standard InChI is InChI=1S/C21H24BrNO5/c1-26-17-9-7-14(22)12-15(17)20(23-10-4-5-16(23)21(24)25)13-6-8-18(27-2)19(11-13)28-3/h6-9,11-12,16,20H,4-5,10H2,1-3H3,(H,24,25). The summed E-state index contributed by atoms with van der Waals surface area (Å²) in [5.74, 6) is 1.13. The molecule has 3 rings (SSSR count). The highest BCUT2D eigenvalue weighted by Gasteiger charge is 2.38. The molecule has 1 fully saturated rings. The Bertz CT molecular complexity index is 857. The van der Waals surface area contributed by atoms with Crippen LogP contribution < -0.4 is 14.2 Å². The topological polar surface area (TPSA) is 68.2 Å². The number of benzene rings is 2. The van der Waals surface area contributed by atoms with Gasteiger partial charge in [0.2, 0.25) is 0 Å². The molecule has 0 saturated carbocycles. The van der Waals surface area contributed by atoms with Crippen molar-refractivity contribution in [1.29, 1.82) is 0 Å². The van der Waals surface area contributed by atoms with Gasteiger partial charge in [-0.2, -0.15) is 0 Å². The number of aliphatic carboxylic acids is 1. The van der Waals surface area contributed by atoms with Crippen molar-refractivity contribution in [2.45, 2.75) is 24.9 Å². The molecule has 2 aromatic rings. The van der Waals surface area contributed by atoms with Crippen LogP contribution in [0.4, 0.5) is 0 Å². The molecule has 150 valence electrons. The fraction of sp³-hybridized carbons (Fsp3) is 0.381. The number of hydrogen-bond acceptors (Lipinski definition) is 5. The molecule has 1 N–H and O–H groups in total. The largest absolute Gasteiger partial charge is 0.496 e. The molecule has 7 heteroatoms. The molecule has 6 nitrogen and oxygen atoms in total. The molecule has 1 aliphatic heterocycles. The van der Waals surface area contributed by atoms with E-state index < -0.39 is 12.0 Å². The number of nitrogens with zero attached hydrogens (tertiary/aromatic N) is 1. The van der Waals surface area contributed by atoms with Gasteiger partial charge in [0.1, 0.15) is 11.8 Å². The van der Waals surface area contributed by atoms with Gasteiger partial charge in [0.25, 0.3) is 0 Å². The summed E-state index contributed by atoms with van der Waals surface area (Å²) in [6.45, 7) is 0.686. The van der Waals surface area contributed by atoms with Crippen molar-refractivity contribution >= 4 is 21.9 Å². The lowest BCUT2D eigenvalue weighted by Gasteiger charge is -2.33. The Morgan fingerprint density at radius 3 is 2.39 bits per heavy atom. The van der Waals surface area contributed by atoms with E-state index in [4.69, 9.17) is 14.2 Å². The van der Waals surface area contributed by atoms with E-state index >= 15 is 0 Å². The first kappa shape index (κ1) is 20.5. The smallest absolute Gasteiger partial charge is 0.320 e. The average Bonchev–Trinajstić information content (AvgIpc) is 3.18. The second-order valence-electron chi connectivity index (χ2n) is 6.64. The summed E-state index contributed by atoms with van der Waals surface area (Å²) in [6.07, 6.45) is 1.45. The maximum absolute atomic E-state index is 11.9. The summed E-state index contributed by atoms with van der Waals surface area (Å²) in [6, 6.07) is 10.6. The highest BCUT2D eigenvalue weighted by molar-refractivity contribution is 9.10. The van der Waals surface area contributed by atoms with Crippen LogP contribution in [0.2, 0.25) is 0 Å². The predicted octanol–water partition coefficient (Wildman–Crippen LogP) is 4.11. The van der Waals surface area contributed by atoms with E-state index in [0.29, 0.717) is 30.2 Å². The zero-order valence-corrected chi connectivity index (χ0v) is 17.7. The van der Waals surface area contributed by atoms with Crippen molar-refractivity contribution in [1.82, 2.24) is 4.90 Å². The molecule has 0 aromatic heterocycles. The molecule has 0 radical (unpaired) electrons. The van der Waals surface area contributed by atoms with Crippen LogP contribution in [0.25, 0.3) is 0 Å². The number of hydrogen-bond donors (Lipinski definition) is 1. The maximum Gasteiger partial charge on any atom is 0.320 e. The van der Waals surface area contributed by atoms with Gasteiger partial charge in [-0.1, -0.05) is 22.0 Å². The van der Waals surface area contributed by atoms with Crippen molar-refractivity contribution in [2.75, 3.05) is 27.9 Å². The minimum atomic E-state index is -0.808. The molecular weight excluding hydrogens is 426 g/mol. The van der Waals surface area contributed by atoms with Crippen LogP contribution >= 0.6 is 15.9 Å². The first-order chi connectivity index (χ1) is 13.5. The molecule has 0 aliphatic carbocycles. The van der Waals surface area contributed by atoms with Crippen molar-refractivity contribution in [3.8, 4) is 17.2 Å². The summed E-state index contributed by atoms with van der Waals surface area (Å²) >= 11 is 3.53. The van der Waals surface area contributed by atoms with Crippen LogP contribution in [0.1, 0.15) is 30.0 Å². The molecule has 28 heavy (non-hydrogen) atoms. The van der Waals surface area contributed by atoms with Crippen molar-refractivity contribution in [3.63, 3.8) is 0 Å². The molecular formula is C21H24BrNO5. The third kappa shape index (κ3) is 3.95. The van der Waals surface area contributed by atoms with E-state index in [9.17, 15) is 9.90 Å². The van der Waals surface area contributed by atoms with Gasteiger partial charge in [-0.3, -0.25) is 9.69 Å². The number of methoxy groups -OCH3 is 3. The van der Waals surface area contributed by atoms with Crippen molar-refractivity contribution in [2.24, 2.45) is 0 Å². The molecule has 2 aromatic carbocycles. The lowest BCUT2D eigenvalue weighted by molar-refractivity contribution is -0.142. The number of carboxylic acids is 1. The van der Waals surface area contributed by atoms with E-state index in [-0.39, 0.29) is 6.04 Å². The molecule has 1 saturated heterocycles. The zero-order valence-electron chi connectivity index (χ0n) is 16.1. The molecule has 1 heterocycles. The highest BCUT2D eigenvalue weighted by Crippen LogP contribution is 2.42. The van der Waals surface area contributed by atoms with E-state index in [0.717, 1.165) is 22.0 Å². The van der Waals surface area contributed by atoms with Crippen molar-refractivity contribution in [3.05, 3.63) is 52.0 Å². The number of rotatable bonds is 7. The molecule has 2 unspecified atom stereocenters. The molecule has 0 spiro atoms. The molecule has 2 atom stereocenters. The molecule has 0 bridgehead atoms. The Balaban J connectivity index is 2.18. The number of ether oxygens (including phenoxy) is 3. The zero-order chi connectivity index (χ0) is 20.3. The lowest BCUT2D eigenvalue weighted by atomic mass is 9.95. The predicted molar refractivity (Wildman–Crippen MR) is 109 cm³/mol. The van der Waals surface area contributed by atoms with Gasteiger partial charge in [-0.05, 0) is 48.7 Å². The lowest BCUT2D eigenvalue weighted by Crippen LogP contribution is -2.39. The Morgan fingerprint density at radius 1 is 1.07 bits per heavy atom. The highest BCUT2D eigenvalue weighted by atomic mass is 79.9. The monoisotopic (exact) mass is 449 g/mol. The van der Waals surface area contributed by atoms with Crippen LogP contribution in [0.3, 0.4) is 0 Å². The fourth-order valence-electron chi connectivity index (χ4n) is 3.85. The first-order valence-electron chi connectivity index (χ1n) is 9.04. The van der Waals surface area contributed by atoms with Gasteiger partial charge in [0, 0.05) is 16.6 Å². The maximum atomic E-state index is 11.9. The molecule has 1 aliphatic rings. The SMILES string of the molecule is COc1ccc(C(c2cc(Br)ccc2OC)N2CCCC2C(=O)O)cc1OC. The third-order valence-corrected chi connectivity index (χ3v) is 5.61. The Labute approximate surface area is 173 Å². The van der Waals surface area contributed by atoms with E-state index in [2.05, 4.69) is 15.9 Å². The Morgan fingerprint density at radius 2 is 1.75 bits per heavy atom. The molecule has 0 amide bonds. The minimum Gasteiger partial charge on any atom is -0.496 e. The second kappa shape index (κ2) is 8.84. The summed E-state index contributed by atoms with van der Waals surface area (Å²) in [5.41, 5.74) is 1.82. The van der Waals surface area contributed by atoms with Crippen LogP contribution in [-0.2, 0) is 4.79 Å². The van der Waals surface area contributed by atoms with Gasteiger partial charge in [0.15, 0.2) is 11.5 Å². The van der Waals surface area contributed by atoms with Crippen LogP contribution in [-0.4, -0.2) is 49.9 Å². The van der Waals surface area contributed by atoms with E-state index in [1.54, 1.807) is 21.3 Å². The fourth-order valence-corrected chi connectivity index (χ4v) is 4.23. The summed E-state index contributed by atoms with van der Waals surface area (Å²) in [4.78, 5) is 13.9. The summed E-state index contributed by atoms with van der Waals surface area (Å²) < 4.78 is 17.4. The van der Waals surface area contributed by atoms with Gasteiger partial charge < -0.3 is 19.3 Å². The quantitative estimate of drug-likeness (QED) is 0.685. The number of likely N-dealkylation sites (tertiary alicyclic amines) is 1. The van der Waals surface area contributed by atoms with Gasteiger partial charge in [-0.25, -0.2) is 0 Å². The van der Waals surface area contributed by atoms with Crippen LogP contribution in [0.15, 0.2) is 40.9 Å². The number of carboxylic acid groups (broad SMARTS) is 1. The van der Waals surface area contributed by atoms with Crippen molar-refractivity contribution < 1.29 is 24.1 Å².